The molecule has 6 N–H and O–H groups in total. The monoisotopic (exact) mass is 820 g/mol. The number of carbonyl (C=O) groups is 6. The van der Waals surface area contributed by atoms with Gasteiger partial charge in [0.15, 0.2) is 10.8 Å². The third kappa shape index (κ3) is 2.06. The Morgan fingerprint density at radius 3 is 1.41 bits per heavy atom. The van der Waals surface area contributed by atoms with E-state index in [0.29, 0.717) is 11.1 Å². The van der Waals surface area contributed by atoms with Crippen molar-refractivity contribution in [1.82, 2.24) is 0 Å². The maximum absolute atomic E-state index is 14.2. The molecule has 2 spiro atoms. The summed E-state index contributed by atoms with van der Waals surface area (Å²) in [4.78, 5) is 83.4. The lowest BCUT2D eigenvalue weighted by Crippen LogP contribution is -2.61. The molecule has 12 fully saturated rings. The van der Waals surface area contributed by atoms with Crippen molar-refractivity contribution in [1.29, 1.82) is 0 Å². The first kappa shape index (κ1) is 31.4. The lowest BCUT2D eigenvalue weighted by atomic mass is 9.41. The number of fused-ring (bicyclic) bond motifs is 9. The second kappa shape index (κ2) is 7.79. The van der Waals surface area contributed by atoms with Crippen LogP contribution in [-0.4, -0.2) is 66.5 Å². The Labute approximate surface area is 345 Å². The number of hydrogen-bond donors (Lipinski definition) is 6. The minimum absolute atomic E-state index is 0.0205. The van der Waals surface area contributed by atoms with Crippen LogP contribution >= 0.6 is 0 Å². The Hall–Kier alpha value is -4.48. The Morgan fingerprint density at radius 2 is 0.820 bits per heavy atom. The molecule has 19 aliphatic carbocycles. The molecule has 0 aromatic rings. The summed E-state index contributed by atoms with van der Waals surface area (Å²) in [5.41, 5.74) is -4.34. The van der Waals surface area contributed by atoms with Crippen LogP contribution in [0, 0.1) is 193 Å². The van der Waals surface area contributed by atoms with Crippen molar-refractivity contribution in [3.05, 3.63) is 58.7 Å². The molecule has 0 aliphatic heterocycles. The second-order valence-corrected chi connectivity index (χ2v) is 24.4. The molecule has 12 heteroatoms. The minimum Gasteiger partial charge on any atom is -0.480 e. The molecule has 61 heavy (non-hydrogen) atoms. The molecule has 12 saturated carbocycles. The van der Waals surface area contributed by atoms with E-state index in [9.17, 15) is 59.4 Å². The van der Waals surface area contributed by atoms with E-state index in [1.165, 1.54) is 5.57 Å². The van der Waals surface area contributed by atoms with Crippen LogP contribution < -0.4 is 0 Å². The number of rotatable bonds is 6. The van der Waals surface area contributed by atoms with E-state index in [-0.39, 0.29) is 154 Å². The quantitative estimate of drug-likeness (QED) is 0.168. The van der Waals surface area contributed by atoms with Crippen LogP contribution in [0.2, 0.25) is 0 Å². The van der Waals surface area contributed by atoms with Crippen molar-refractivity contribution in [2.45, 2.75) is 0 Å². The van der Waals surface area contributed by atoms with Gasteiger partial charge in [-0.15, -0.1) is 0 Å². The summed E-state index contributed by atoms with van der Waals surface area (Å²) in [6.07, 6.45) is 12.8. The van der Waals surface area contributed by atoms with Crippen LogP contribution in [0.15, 0.2) is 58.7 Å². The fourth-order valence-corrected chi connectivity index (χ4v) is 27.1. The Balaban J connectivity index is 0.989. The maximum atomic E-state index is 14.2. The van der Waals surface area contributed by atoms with Crippen molar-refractivity contribution in [3.63, 3.8) is 0 Å². The summed E-state index contributed by atoms with van der Waals surface area (Å²) in [6, 6.07) is 0. The van der Waals surface area contributed by atoms with Gasteiger partial charge in [0.2, 0.25) is 5.41 Å². The number of allylic oxidation sites excluding steroid dienone is 8. The average Bonchev–Trinajstić information content (AvgIpc) is 3.87. The second-order valence-electron chi connectivity index (χ2n) is 24.4. The molecule has 0 aromatic carbocycles. The number of hydrogen-bond acceptors (Lipinski definition) is 6. The summed E-state index contributed by atoms with van der Waals surface area (Å²) >= 11 is 0. The SMILES string of the molecule is O=C(O)C1(C(=O)O)C2=C1C1C3C=CC45C6C3C3C7C8=C9C%10C(C=CC%11C%10C%10C8C8C7C6C6C7C(C=CC64C5(C(=O)O)C(=O)O)C4C(C%10C%11C5C4C5(C(=O)O)C(=O)O)C87)C2C9C13. The van der Waals surface area contributed by atoms with Gasteiger partial charge in [0.25, 0.3) is 0 Å². The van der Waals surface area contributed by atoms with Gasteiger partial charge >= 0.3 is 35.8 Å². The lowest BCUT2D eigenvalue weighted by molar-refractivity contribution is -0.181. The van der Waals surface area contributed by atoms with Gasteiger partial charge in [-0.25, -0.2) is 0 Å². The predicted molar refractivity (Wildman–Crippen MR) is 197 cm³/mol. The largest absolute Gasteiger partial charge is 0.480 e. The van der Waals surface area contributed by atoms with E-state index < -0.39 is 74.7 Å². The highest BCUT2D eigenvalue weighted by Crippen LogP contribution is 3.03. The molecule has 0 saturated heterocycles. The molecule has 0 aromatic heterocycles. The summed E-state index contributed by atoms with van der Waals surface area (Å²) < 4.78 is 0. The van der Waals surface area contributed by atoms with Crippen LogP contribution in [0.5, 0.6) is 0 Å². The topological polar surface area (TPSA) is 224 Å². The molecule has 0 amide bonds. The molecular weight excluding hydrogens is 781 g/mol. The number of carboxylic acids is 6. The molecular formula is C49H40O12. The van der Waals surface area contributed by atoms with Gasteiger partial charge in [0.05, 0.1) is 0 Å². The van der Waals surface area contributed by atoms with Crippen molar-refractivity contribution in [2.24, 2.45) is 193 Å². The number of carboxylic acid groups (broad SMARTS) is 6. The van der Waals surface area contributed by atoms with Crippen molar-refractivity contribution in [3.8, 4) is 0 Å². The zero-order chi connectivity index (χ0) is 40.7. The fraction of sp³-hybridized carbons (Fsp3) is 0.673. The molecule has 30 atom stereocenters. The normalized spacial score (nSPS) is 66.7. The van der Waals surface area contributed by atoms with Gasteiger partial charge in [0.1, 0.15) is 0 Å². The minimum atomic E-state index is -2.12. The smallest absolute Gasteiger partial charge is 0.329 e. The summed E-state index contributed by atoms with van der Waals surface area (Å²) in [5, 5.41) is 68.0. The molecule has 19 aliphatic rings. The summed E-state index contributed by atoms with van der Waals surface area (Å²) in [6.45, 7) is 0. The first-order valence-electron chi connectivity index (χ1n) is 23.3. The number of aliphatic carboxylic acids is 6. The van der Waals surface area contributed by atoms with E-state index in [0.717, 1.165) is 0 Å². The predicted octanol–water partition coefficient (Wildman–Crippen LogP) is 3.20. The van der Waals surface area contributed by atoms with Gasteiger partial charge in [-0.05, 0) is 177 Å². The van der Waals surface area contributed by atoms with E-state index in [1.807, 2.05) is 12.2 Å². The van der Waals surface area contributed by atoms with Crippen LogP contribution in [0.25, 0.3) is 0 Å². The van der Waals surface area contributed by atoms with Crippen LogP contribution in [-0.2, 0) is 28.8 Å². The van der Waals surface area contributed by atoms with Crippen molar-refractivity contribution >= 4 is 35.8 Å². The molecule has 0 heterocycles. The van der Waals surface area contributed by atoms with E-state index >= 15 is 0 Å². The van der Waals surface area contributed by atoms with Gasteiger partial charge < -0.3 is 30.6 Å². The highest BCUT2D eigenvalue weighted by atomic mass is 16.4. The summed E-state index contributed by atoms with van der Waals surface area (Å²) in [7, 11) is 0. The average molecular weight is 821 g/mol. The van der Waals surface area contributed by atoms with Crippen LogP contribution in [0.3, 0.4) is 0 Å². The standard InChI is InChI=1S/C49H40O12/c50-39(51)47(40(52)53)35-15-7-1-2-8-12-11(7)19-23(15)25-17(37(35)47)9-3-5-45-33-13(9)21(25)29-27(19)28-20(12)24-16(8)36-38(48(36,41(54)55)42(56)57)18-10-4-6-46(45,49(45,43(58)59)44(60)61)34-14(10)22(26(18)24)30(28)31(29)32(33)34/h1-19,21-27,29-35,37H,(H,50,51)(H,52,53)(H,54,55)(H,56,57)(H,58,59)(H,60,61). The molecule has 0 radical (unpaired) electrons. The molecule has 19 rings (SSSR count). The van der Waals surface area contributed by atoms with Gasteiger partial charge in [0, 0.05) is 10.8 Å². The van der Waals surface area contributed by atoms with Gasteiger partial charge in [-0.1, -0.05) is 47.6 Å². The van der Waals surface area contributed by atoms with Gasteiger partial charge in [-0.2, -0.15) is 0 Å². The van der Waals surface area contributed by atoms with E-state index in [4.69, 9.17) is 0 Å². The zero-order valence-electron chi connectivity index (χ0n) is 32.3. The summed E-state index contributed by atoms with van der Waals surface area (Å²) in [5.74, 6) is -9.56. The highest BCUT2D eigenvalue weighted by molar-refractivity contribution is 6.13. The van der Waals surface area contributed by atoms with Crippen LogP contribution in [0.1, 0.15) is 0 Å². The third-order valence-electron chi connectivity index (χ3n) is 26.0. The van der Waals surface area contributed by atoms with E-state index in [2.05, 4.69) is 24.3 Å². The third-order valence-corrected chi connectivity index (χ3v) is 26.0. The Bertz CT molecular complexity index is 2770. The molecule has 308 valence electrons. The molecule has 0 bridgehead atoms. The maximum Gasteiger partial charge on any atom is 0.329 e. The molecule has 30 unspecified atom stereocenters. The van der Waals surface area contributed by atoms with Crippen LogP contribution in [0.4, 0.5) is 0 Å². The Morgan fingerprint density at radius 1 is 0.361 bits per heavy atom. The first-order valence-corrected chi connectivity index (χ1v) is 23.3. The molecule has 12 nitrogen and oxygen atoms in total. The Kier molecular flexibility index (Phi) is 4.01. The first-order chi connectivity index (χ1) is 29.3. The van der Waals surface area contributed by atoms with Crippen molar-refractivity contribution in [2.75, 3.05) is 0 Å². The van der Waals surface area contributed by atoms with Gasteiger partial charge in [-0.3, -0.25) is 28.8 Å². The highest BCUT2D eigenvalue weighted by Gasteiger charge is 3.06. The zero-order valence-corrected chi connectivity index (χ0v) is 32.3. The lowest BCUT2D eigenvalue weighted by Gasteiger charge is -2.63. The van der Waals surface area contributed by atoms with Crippen molar-refractivity contribution < 1.29 is 59.4 Å². The fourth-order valence-electron chi connectivity index (χ4n) is 27.1. The van der Waals surface area contributed by atoms with E-state index in [1.54, 1.807) is 5.57 Å².